The Balaban J connectivity index is 1.94. The summed E-state index contributed by atoms with van der Waals surface area (Å²) in [5.74, 6) is 0.971. The number of ether oxygens (including phenoxy) is 1. The van der Waals surface area contributed by atoms with E-state index in [2.05, 4.69) is 26.1 Å². The van der Waals surface area contributed by atoms with Gasteiger partial charge >= 0.3 is 0 Å². The van der Waals surface area contributed by atoms with Crippen molar-refractivity contribution in [1.82, 2.24) is 5.32 Å². The first-order chi connectivity index (χ1) is 7.76. The van der Waals surface area contributed by atoms with Crippen molar-refractivity contribution in [3.8, 4) is 0 Å². The molecular formula is C14H29NO. The van der Waals surface area contributed by atoms with Gasteiger partial charge in [-0.25, -0.2) is 0 Å². The van der Waals surface area contributed by atoms with Gasteiger partial charge in [0, 0.05) is 19.2 Å². The lowest BCUT2D eigenvalue weighted by Gasteiger charge is -2.26. The van der Waals surface area contributed by atoms with E-state index in [-0.39, 0.29) is 0 Å². The molecule has 0 aromatic carbocycles. The third-order valence-electron chi connectivity index (χ3n) is 3.83. The second-order valence-corrected chi connectivity index (χ2v) is 5.19. The van der Waals surface area contributed by atoms with Crippen LogP contribution in [0.2, 0.25) is 0 Å². The molecule has 96 valence electrons. The van der Waals surface area contributed by atoms with Gasteiger partial charge < -0.3 is 10.1 Å². The van der Waals surface area contributed by atoms with Crippen LogP contribution in [0, 0.1) is 5.92 Å². The van der Waals surface area contributed by atoms with Crippen LogP contribution in [0.25, 0.3) is 0 Å². The summed E-state index contributed by atoms with van der Waals surface area (Å²) in [7, 11) is 0. The van der Waals surface area contributed by atoms with Gasteiger partial charge in [0.15, 0.2) is 0 Å². The molecular weight excluding hydrogens is 198 g/mol. The standard InChI is InChI=1S/C14H29NO/c1-4-14(5-2)15-11-12(3)16-10-9-13-7-6-8-13/h12-15H,4-11H2,1-3H3. The summed E-state index contributed by atoms with van der Waals surface area (Å²) >= 11 is 0. The zero-order chi connectivity index (χ0) is 11.8. The van der Waals surface area contributed by atoms with E-state index >= 15 is 0 Å². The third kappa shape index (κ3) is 5.31. The summed E-state index contributed by atoms with van der Waals surface area (Å²) < 4.78 is 5.83. The van der Waals surface area contributed by atoms with E-state index in [1.54, 1.807) is 0 Å². The number of nitrogens with one attached hydrogen (secondary N) is 1. The molecule has 0 saturated heterocycles. The second kappa shape index (κ2) is 8.08. The van der Waals surface area contributed by atoms with Crippen molar-refractivity contribution < 1.29 is 4.74 Å². The van der Waals surface area contributed by atoms with Gasteiger partial charge in [-0.1, -0.05) is 33.1 Å². The van der Waals surface area contributed by atoms with Gasteiger partial charge in [0.05, 0.1) is 6.10 Å². The minimum absolute atomic E-state index is 0.362. The fourth-order valence-corrected chi connectivity index (χ4v) is 2.19. The van der Waals surface area contributed by atoms with Crippen molar-refractivity contribution in [2.24, 2.45) is 5.92 Å². The van der Waals surface area contributed by atoms with E-state index in [1.807, 2.05) is 0 Å². The van der Waals surface area contributed by atoms with Gasteiger partial charge in [-0.3, -0.25) is 0 Å². The first-order valence-corrected chi connectivity index (χ1v) is 7.11. The molecule has 1 saturated carbocycles. The van der Waals surface area contributed by atoms with Crippen LogP contribution < -0.4 is 5.32 Å². The van der Waals surface area contributed by atoms with Gasteiger partial charge in [-0.15, -0.1) is 0 Å². The molecule has 2 heteroatoms. The molecule has 1 atom stereocenters. The van der Waals surface area contributed by atoms with Crippen molar-refractivity contribution in [2.45, 2.75) is 71.4 Å². The molecule has 1 rings (SSSR count). The van der Waals surface area contributed by atoms with Crippen molar-refractivity contribution in [2.75, 3.05) is 13.2 Å². The molecule has 0 aromatic heterocycles. The second-order valence-electron chi connectivity index (χ2n) is 5.19. The highest BCUT2D eigenvalue weighted by atomic mass is 16.5. The minimum atomic E-state index is 0.362. The fraction of sp³-hybridized carbons (Fsp3) is 1.00. The maximum atomic E-state index is 5.83. The van der Waals surface area contributed by atoms with Gasteiger partial charge in [0.1, 0.15) is 0 Å². The summed E-state index contributed by atoms with van der Waals surface area (Å²) in [6, 6.07) is 0.665. The van der Waals surface area contributed by atoms with Crippen LogP contribution in [-0.2, 0) is 4.74 Å². The van der Waals surface area contributed by atoms with Crippen LogP contribution >= 0.6 is 0 Å². The average molecular weight is 227 g/mol. The predicted molar refractivity (Wildman–Crippen MR) is 69.7 cm³/mol. The highest BCUT2D eigenvalue weighted by molar-refractivity contribution is 4.69. The Morgan fingerprint density at radius 2 is 1.94 bits per heavy atom. The highest BCUT2D eigenvalue weighted by Crippen LogP contribution is 2.29. The Morgan fingerprint density at radius 3 is 2.44 bits per heavy atom. The van der Waals surface area contributed by atoms with E-state index in [0.29, 0.717) is 12.1 Å². The minimum Gasteiger partial charge on any atom is -0.377 e. The Bertz CT molecular complexity index is 164. The van der Waals surface area contributed by atoms with Crippen LogP contribution in [0.3, 0.4) is 0 Å². The van der Waals surface area contributed by atoms with Gasteiger partial charge in [-0.2, -0.15) is 0 Å². The van der Waals surface area contributed by atoms with E-state index < -0.39 is 0 Å². The summed E-state index contributed by atoms with van der Waals surface area (Å²) in [5, 5.41) is 3.56. The third-order valence-corrected chi connectivity index (χ3v) is 3.83. The molecule has 1 fully saturated rings. The molecule has 1 unspecified atom stereocenters. The van der Waals surface area contributed by atoms with Gasteiger partial charge in [0.2, 0.25) is 0 Å². The molecule has 2 nitrogen and oxygen atoms in total. The maximum absolute atomic E-state index is 5.83. The normalized spacial score (nSPS) is 18.8. The van der Waals surface area contributed by atoms with E-state index in [4.69, 9.17) is 4.74 Å². The van der Waals surface area contributed by atoms with Crippen molar-refractivity contribution in [3.63, 3.8) is 0 Å². The lowest BCUT2D eigenvalue weighted by molar-refractivity contribution is 0.0474. The number of hydrogen-bond donors (Lipinski definition) is 1. The lowest BCUT2D eigenvalue weighted by atomic mass is 9.83. The molecule has 1 N–H and O–H groups in total. The molecule has 16 heavy (non-hydrogen) atoms. The Morgan fingerprint density at radius 1 is 1.25 bits per heavy atom. The predicted octanol–water partition coefficient (Wildman–Crippen LogP) is 3.36. The van der Waals surface area contributed by atoms with E-state index in [9.17, 15) is 0 Å². The van der Waals surface area contributed by atoms with Crippen molar-refractivity contribution in [1.29, 1.82) is 0 Å². The molecule has 0 heterocycles. The number of hydrogen-bond acceptors (Lipinski definition) is 2. The quantitative estimate of drug-likeness (QED) is 0.652. The SMILES string of the molecule is CCC(CC)NCC(C)OCCC1CCC1. The molecule has 0 spiro atoms. The summed E-state index contributed by atoms with van der Waals surface area (Å²) in [4.78, 5) is 0. The topological polar surface area (TPSA) is 21.3 Å². The first-order valence-electron chi connectivity index (χ1n) is 7.11. The summed E-state index contributed by atoms with van der Waals surface area (Å²) in [6.07, 6.45) is 8.37. The smallest absolute Gasteiger partial charge is 0.0671 e. The van der Waals surface area contributed by atoms with Crippen LogP contribution in [0.1, 0.15) is 59.3 Å². The average Bonchev–Trinajstić information content (AvgIpc) is 2.23. The van der Waals surface area contributed by atoms with Crippen molar-refractivity contribution >= 4 is 0 Å². The molecule has 0 radical (unpaired) electrons. The first kappa shape index (κ1) is 14.0. The Labute approximate surface area is 101 Å². The Kier molecular flexibility index (Phi) is 7.06. The van der Waals surface area contributed by atoms with E-state index in [0.717, 1.165) is 19.1 Å². The van der Waals surface area contributed by atoms with Gasteiger partial charge in [-0.05, 0) is 32.1 Å². The number of rotatable bonds is 9. The van der Waals surface area contributed by atoms with Crippen molar-refractivity contribution in [3.05, 3.63) is 0 Å². The lowest BCUT2D eigenvalue weighted by Crippen LogP contribution is -2.35. The maximum Gasteiger partial charge on any atom is 0.0671 e. The Hall–Kier alpha value is -0.0800. The van der Waals surface area contributed by atoms with Crippen LogP contribution in [0.5, 0.6) is 0 Å². The van der Waals surface area contributed by atoms with E-state index in [1.165, 1.54) is 38.5 Å². The summed E-state index contributed by atoms with van der Waals surface area (Å²) in [5.41, 5.74) is 0. The molecule has 1 aliphatic carbocycles. The highest BCUT2D eigenvalue weighted by Gasteiger charge is 2.17. The van der Waals surface area contributed by atoms with Gasteiger partial charge in [0.25, 0.3) is 0 Å². The monoisotopic (exact) mass is 227 g/mol. The molecule has 0 aliphatic heterocycles. The van der Waals surface area contributed by atoms with Crippen LogP contribution in [0.4, 0.5) is 0 Å². The fourth-order valence-electron chi connectivity index (χ4n) is 2.19. The molecule has 1 aliphatic rings. The molecule has 0 aromatic rings. The molecule has 0 amide bonds. The van der Waals surface area contributed by atoms with Crippen LogP contribution in [-0.4, -0.2) is 25.3 Å². The zero-order valence-electron chi connectivity index (χ0n) is 11.3. The molecule has 0 bridgehead atoms. The zero-order valence-corrected chi connectivity index (χ0v) is 11.3. The van der Waals surface area contributed by atoms with Crippen LogP contribution in [0.15, 0.2) is 0 Å². The largest absolute Gasteiger partial charge is 0.377 e. The summed E-state index contributed by atoms with van der Waals surface area (Å²) in [6.45, 7) is 8.61.